The van der Waals surface area contributed by atoms with Gasteiger partial charge in [0.25, 0.3) is 0 Å². The predicted molar refractivity (Wildman–Crippen MR) is 101 cm³/mol. The summed E-state index contributed by atoms with van der Waals surface area (Å²) in [5.41, 5.74) is 0.0539. The Hall–Kier alpha value is -3.03. The van der Waals surface area contributed by atoms with Crippen LogP contribution in [0.15, 0.2) is 36.4 Å². The van der Waals surface area contributed by atoms with E-state index in [0.29, 0.717) is 26.2 Å². The normalized spacial score (nSPS) is 14.7. The summed E-state index contributed by atoms with van der Waals surface area (Å²) in [5.74, 6) is 0.211. The molecule has 0 aliphatic carbocycles. The second-order valence-electron chi connectivity index (χ2n) is 6.46. The first-order valence-electron chi connectivity index (χ1n) is 8.62. The lowest BCUT2D eigenvalue weighted by Crippen LogP contribution is -2.48. The molecule has 0 saturated carbocycles. The van der Waals surface area contributed by atoms with Crippen LogP contribution in [0, 0.1) is 11.6 Å². The van der Waals surface area contributed by atoms with E-state index in [4.69, 9.17) is 0 Å². The van der Waals surface area contributed by atoms with Gasteiger partial charge in [0.15, 0.2) is 11.6 Å². The maximum atomic E-state index is 13.6. The highest BCUT2D eigenvalue weighted by molar-refractivity contribution is 5.92. The van der Waals surface area contributed by atoms with Gasteiger partial charge in [0.05, 0.1) is 0 Å². The summed E-state index contributed by atoms with van der Waals surface area (Å²) in [6.07, 6.45) is 2.58. The molecule has 3 rings (SSSR count). The third-order valence-electron chi connectivity index (χ3n) is 4.37. The summed E-state index contributed by atoms with van der Waals surface area (Å²) in [6.45, 7) is 2.30. The fourth-order valence-electron chi connectivity index (χ4n) is 2.79. The maximum Gasteiger partial charge on any atom is 0.246 e. The largest absolute Gasteiger partial charge is 0.361 e. The molecule has 2 aromatic rings. The van der Waals surface area contributed by atoms with Crippen molar-refractivity contribution in [1.82, 2.24) is 15.1 Å². The molecular weight excluding hydrogens is 352 g/mol. The SMILES string of the molecule is CN(C)c1ccc(N2CCN(C(=O)/C=C/c3cc(F)ccc3F)CC2)nn1. The number of rotatable bonds is 4. The molecule has 1 amide bonds. The van der Waals surface area contributed by atoms with Gasteiger partial charge in [0.1, 0.15) is 11.6 Å². The minimum absolute atomic E-state index is 0.0539. The van der Waals surface area contributed by atoms with E-state index in [1.807, 2.05) is 31.1 Å². The van der Waals surface area contributed by atoms with Crippen LogP contribution < -0.4 is 9.80 Å². The van der Waals surface area contributed by atoms with Crippen LogP contribution in [0.4, 0.5) is 20.4 Å². The van der Waals surface area contributed by atoms with E-state index in [-0.39, 0.29) is 11.5 Å². The lowest BCUT2D eigenvalue weighted by molar-refractivity contribution is -0.126. The van der Waals surface area contributed by atoms with Crippen LogP contribution in [-0.4, -0.2) is 61.3 Å². The topological polar surface area (TPSA) is 52.6 Å². The molecule has 142 valence electrons. The molecule has 0 unspecified atom stereocenters. The molecule has 8 heteroatoms. The zero-order chi connectivity index (χ0) is 19.4. The molecule has 0 radical (unpaired) electrons. The molecule has 2 heterocycles. The van der Waals surface area contributed by atoms with Gasteiger partial charge in [-0.3, -0.25) is 4.79 Å². The Labute approximate surface area is 156 Å². The van der Waals surface area contributed by atoms with E-state index in [2.05, 4.69) is 15.1 Å². The summed E-state index contributed by atoms with van der Waals surface area (Å²) in [4.78, 5) is 17.9. The van der Waals surface area contributed by atoms with Crippen molar-refractivity contribution >= 4 is 23.6 Å². The molecule has 1 aliphatic rings. The first-order chi connectivity index (χ1) is 12.9. The number of piperazine rings is 1. The van der Waals surface area contributed by atoms with Crippen LogP contribution in [0.2, 0.25) is 0 Å². The monoisotopic (exact) mass is 373 g/mol. The summed E-state index contributed by atoms with van der Waals surface area (Å²) in [7, 11) is 3.80. The number of carbonyl (C=O) groups excluding carboxylic acids is 1. The van der Waals surface area contributed by atoms with Crippen molar-refractivity contribution < 1.29 is 13.6 Å². The lowest BCUT2D eigenvalue weighted by Gasteiger charge is -2.34. The number of aromatic nitrogens is 2. The Morgan fingerprint density at radius 3 is 2.44 bits per heavy atom. The fraction of sp³-hybridized carbons (Fsp3) is 0.316. The molecular formula is C19H21F2N5O. The number of carbonyl (C=O) groups is 1. The second-order valence-corrected chi connectivity index (χ2v) is 6.46. The average Bonchev–Trinajstić information content (AvgIpc) is 2.68. The van der Waals surface area contributed by atoms with Crippen molar-refractivity contribution in [2.45, 2.75) is 0 Å². The summed E-state index contributed by atoms with van der Waals surface area (Å²) in [6, 6.07) is 6.96. The summed E-state index contributed by atoms with van der Waals surface area (Å²) >= 11 is 0. The van der Waals surface area contributed by atoms with Crippen molar-refractivity contribution in [3.05, 3.63) is 53.6 Å². The molecule has 1 saturated heterocycles. The number of benzene rings is 1. The Morgan fingerprint density at radius 1 is 1.07 bits per heavy atom. The number of anilines is 2. The van der Waals surface area contributed by atoms with Crippen LogP contribution in [0.25, 0.3) is 6.08 Å². The molecule has 27 heavy (non-hydrogen) atoms. The number of nitrogens with zero attached hydrogens (tertiary/aromatic N) is 5. The third-order valence-corrected chi connectivity index (χ3v) is 4.37. The van der Waals surface area contributed by atoms with Crippen LogP contribution in [0.5, 0.6) is 0 Å². The van der Waals surface area contributed by atoms with Crippen molar-refractivity contribution in [3.63, 3.8) is 0 Å². The molecule has 1 aromatic heterocycles. The van der Waals surface area contributed by atoms with Crippen molar-refractivity contribution in [1.29, 1.82) is 0 Å². The Morgan fingerprint density at radius 2 is 1.81 bits per heavy atom. The first-order valence-corrected chi connectivity index (χ1v) is 8.62. The van der Waals surface area contributed by atoms with Gasteiger partial charge < -0.3 is 14.7 Å². The standard InChI is InChI=1S/C19H21F2N5O/c1-24(2)17-6-7-18(23-22-17)25-9-11-26(12-10-25)19(27)8-3-14-13-15(20)4-5-16(14)21/h3-8,13H,9-12H2,1-2H3/b8-3+. The minimum Gasteiger partial charge on any atom is -0.361 e. The molecule has 6 nitrogen and oxygen atoms in total. The van der Waals surface area contributed by atoms with Gasteiger partial charge >= 0.3 is 0 Å². The predicted octanol–water partition coefficient (Wildman–Crippen LogP) is 2.18. The van der Waals surface area contributed by atoms with Crippen LogP contribution in [-0.2, 0) is 4.79 Å². The molecule has 1 aliphatic heterocycles. The van der Waals surface area contributed by atoms with Gasteiger partial charge in [-0.25, -0.2) is 8.78 Å². The second kappa shape index (κ2) is 8.11. The molecule has 0 spiro atoms. The third kappa shape index (κ3) is 4.58. The molecule has 1 aromatic carbocycles. The highest BCUT2D eigenvalue weighted by atomic mass is 19.1. The number of hydrogen-bond acceptors (Lipinski definition) is 5. The average molecular weight is 373 g/mol. The first kappa shape index (κ1) is 18.8. The lowest BCUT2D eigenvalue weighted by atomic mass is 10.2. The maximum absolute atomic E-state index is 13.6. The van der Waals surface area contributed by atoms with E-state index < -0.39 is 11.6 Å². The Kier molecular flexibility index (Phi) is 5.63. The highest BCUT2D eigenvalue weighted by Crippen LogP contribution is 2.16. The van der Waals surface area contributed by atoms with E-state index in [9.17, 15) is 13.6 Å². The molecule has 0 N–H and O–H groups in total. The van der Waals surface area contributed by atoms with Crippen LogP contribution >= 0.6 is 0 Å². The zero-order valence-corrected chi connectivity index (χ0v) is 15.3. The Balaban J connectivity index is 1.57. The quantitative estimate of drug-likeness (QED) is 0.769. The number of halogens is 2. The van der Waals surface area contributed by atoms with Gasteiger partial charge in [-0.15, -0.1) is 10.2 Å². The summed E-state index contributed by atoms with van der Waals surface area (Å²) in [5, 5.41) is 8.39. The van der Waals surface area contributed by atoms with Gasteiger partial charge in [-0.2, -0.15) is 0 Å². The van der Waals surface area contributed by atoms with Gasteiger partial charge in [-0.05, 0) is 36.4 Å². The minimum atomic E-state index is -0.565. The van der Waals surface area contributed by atoms with E-state index in [0.717, 1.165) is 29.8 Å². The van der Waals surface area contributed by atoms with Gasteiger partial charge in [0.2, 0.25) is 5.91 Å². The van der Waals surface area contributed by atoms with E-state index in [1.54, 1.807) is 4.90 Å². The van der Waals surface area contributed by atoms with Crippen molar-refractivity contribution in [2.24, 2.45) is 0 Å². The van der Waals surface area contributed by atoms with E-state index >= 15 is 0 Å². The molecule has 1 fully saturated rings. The van der Waals surface area contributed by atoms with Gasteiger partial charge in [0, 0.05) is 51.9 Å². The molecule has 0 bridgehead atoms. The number of amides is 1. The molecule has 0 atom stereocenters. The zero-order valence-electron chi connectivity index (χ0n) is 15.3. The van der Waals surface area contributed by atoms with Crippen molar-refractivity contribution in [2.75, 3.05) is 50.1 Å². The van der Waals surface area contributed by atoms with Crippen LogP contribution in [0.1, 0.15) is 5.56 Å². The number of hydrogen-bond donors (Lipinski definition) is 0. The highest BCUT2D eigenvalue weighted by Gasteiger charge is 2.21. The Bertz CT molecular complexity index is 830. The van der Waals surface area contributed by atoms with Gasteiger partial charge in [-0.1, -0.05) is 0 Å². The summed E-state index contributed by atoms with van der Waals surface area (Å²) < 4.78 is 26.8. The van der Waals surface area contributed by atoms with Crippen LogP contribution in [0.3, 0.4) is 0 Å². The smallest absolute Gasteiger partial charge is 0.246 e. The van der Waals surface area contributed by atoms with Crippen molar-refractivity contribution in [3.8, 4) is 0 Å². The fourth-order valence-corrected chi connectivity index (χ4v) is 2.79. The van der Waals surface area contributed by atoms with E-state index in [1.165, 1.54) is 12.2 Å².